The Kier molecular flexibility index (Phi) is 9.13. The number of nitro groups is 1. The summed E-state index contributed by atoms with van der Waals surface area (Å²) in [5.74, 6) is -1.53. The van der Waals surface area contributed by atoms with Gasteiger partial charge >= 0.3 is 11.7 Å². The molecular formula is C30H24N4O7. The number of benzene rings is 4. The number of hydrogen-bond acceptors (Lipinski definition) is 8. The number of amides is 2. The van der Waals surface area contributed by atoms with E-state index >= 15 is 0 Å². The molecule has 0 aliphatic heterocycles. The first-order chi connectivity index (χ1) is 19.8. The van der Waals surface area contributed by atoms with E-state index in [0.29, 0.717) is 11.4 Å². The molecule has 0 fully saturated rings. The SMILES string of the molecule is COc1cccc(C(=O)Oc2c(/C=N/NC(=O)c3ccc(NC(=O)Cc4ccccc4)cc3)cccc2[N+](=O)[O-])c1. The van der Waals surface area contributed by atoms with Gasteiger partial charge in [0.1, 0.15) is 5.75 Å². The first-order valence-electron chi connectivity index (χ1n) is 12.2. The number of nitro benzene ring substituents is 1. The van der Waals surface area contributed by atoms with Gasteiger partial charge in [0.05, 0.1) is 30.2 Å². The average Bonchev–Trinajstić information content (AvgIpc) is 2.98. The van der Waals surface area contributed by atoms with Gasteiger partial charge in [-0.15, -0.1) is 0 Å². The van der Waals surface area contributed by atoms with Gasteiger partial charge in [-0.1, -0.05) is 42.5 Å². The first kappa shape index (κ1) is 28.2. The Labute approximate surface area is 234 Å². The number of hydrazone groups is 1. The highest BCUT2D eigenvalue weighted by Gasteiger charge is 2.22. The minimum atomic E-state index is -0.840. The van der Waals surface area contributed by atoms with E-state index in [-0.39, 0.29) is 34.8 Å². The zero-order valence-corrected chi connectivity index (χ0v) is 21.8. The normalized spacial score (nSPS) is 10.6. The van der Waals surface area contributed by atoms with Crippen molar-refractivity contribution < 1.29 is 28.8 Å². The predicted octanol–water partition coefficient (Wildman–Crippen LogP) is 4.77. The molecule has 0 saturated heterocycles. The summed E-state index contributed by atoms with van der Waals surface area (Å²) in [5, 5.41) is 18.2. The van der Waals surface area contributed by atoms with E-state index in [4.69, 9.17) is 9.47 Å². The number of ether oxygens (including phenoxy) is 2. The van der Waals surface area contributed by atoms with Crippen molar-refractivity contribution in [3.63, 3.8) is 0 Å². The molecule has 0 saturated carbocycles. The summed E-state index contributed by atoms with van der Waals surface area (Å²) in [7, 11) is 1.44. The van der Waals surface area contributed by atoms with Crippen LogP contribution in [-0.4, -0.2) is 36.0 Å². The van der Waals surface area contributed by atoms with Crippen molar-refractivity contribution >= 4 is 35.4 Å². The van der Waals surface area contributed by atoms with Crippen LogP contribution in [0.25, 0.3) is 0 Å². The second kappa shape index (κ2) is 13.3. The maximum atomic E-state index is 12.7. The van der Waals surface area contributed by atoms with Crippen LogP contribution in [0, 0.1) is 10.1 Å². The van der Waals surface area contributed by atoms with Gasteiger partial charge in [-0.2, -0.15) is 5.10 Å². The standard InChI is InChI=1S/C30H24N4O7/c1-40-25-11-5-9-22(18-25)30(37)41-28-23(10-6-12-26(28)34(38)39)19-31-33-29(36)21-13-15-24(16-14-21)32-27(35)17-20-7-3-2-4-8-20/h2-16,18-19H,17H2,1H3,(H,32,35)(H,33,36)/b31-19+. The number of hydrogen-bond donors (Lipinski definition) is 2. The summed E-state index contributed by atoms with van der Waals surface area (Å²) >= 11 is 0. The van der Waals surface area contributed by atoms with Crippen molar-refractivity contribution in [2.45, 2.75) is 6.42 Å². The number of esters is 1. The lowest BCUT2D eigenvalue weighted by Gasteiger charge is -2.09. The van der Waals surface area contributed by atoms with E-state index < -0.39 is 22.5 Å². The first-order valence-corrected chi connectivity index (χ1v) is 12.2. The third kappa shape index (κ3) is 7.60. The molecule has 0 aliphatic carbocycles. The second-order valence-electron chi connectivity index (χ2n) is 8.56. The zero-order valence-electron chi connectivity index (χ0n) is 21.8. The Morgan fingerprint density at radius 3 is 2.34 bits per heavy atom. The summed E-state index contributed by atoms with van der Waals surface area (Å²) < 4.78 is 10.5. The van der Waals surface area contributed by atoms with Gasteiger partial charge in [0.25, 0.3) is 5.91 Å². The summed E-state index contributed by atoms with van der Waals surface area (Å²) in [4.78, 5) is 48.5. The Bertz CT molecular complexity index is 1600. The fourth-order valence-corrected chi connectivity index (χ4v) is 3.72. The monoisotopic (exact) mass is 552 g/mol. The number of carbonyl (C=O) groups is 3. The van der Waals surface area contributed by atoms with Crippen LogP contribution >= 0.6 is 0 Å². The van der Waals surface area contributed by atoms with Crippen molar-refractivity contribution in [1.82, 2.24) is 5.43 Å². The molecule has 2 amide bonds. The van der Waals surface area contributed by atoms with Gasteiger partial charge in [-0.25, -0.2) is 10.2 Å². The molecule has 0 spiro atoms. The van der Waals surface area contributed by atoms with Crippen LogP contribution in [0.1, 0.15) is 31.8 Å². The van der Waals surface area contributed by atoms with Crippen molar-refractivity contribution in [3.8, 4) is 11.5 Å². The number of rotatable bonds is 10. The fraction of sp³-hybridized carbons (Fsp3) is 0.0667. The van der Waals surface area contributed by atoms with Crippen molar-refractivity contribution in [3.05, 3.63) is 129 Å². The Morgan fingerprint density at radius 1 is 0.902 bits per heavy atom. The molecule has 0 unspecified atom stereocenters. The van der Waals surface area contributed by atoms with Crippen LogP contribution in [0.3, 0.4) is 0 Å². The number of anilines is 1. The van der Waals surface area contributed by atoms with Crippen molar-refractivity contribution in [2.24, 2.45) is 5.10 Å². The number of nitrogens with one attached hydrogen (secondary N) is 2. The van der Waals surface area contributed by atoms with E-state index in [1.807, 2.05) is 30.3 Å². The number of methoxy groups -OCH3 is 1. The van der Waals surface area contributed by atoms with Crippen LogP contribution < -0.4 is 20.2 Å². The quantitative estimate of drug-likeness (QED) is 0.0946. The van der Waals surface area contributed by atoms with Gasteiger partial charge in [0, 0.05) is 22.9 Å². The molecule has 4 aromatic rings. The van der Waals surface area contributed by atoms with E-state index in [1.165, 1.54) is 49.6 Å². The average molecular weight is 553 g/mol. The van der Waals surface area contributed by atoms with Crippen molar-refractivity contribution in [1.29, 1.82) is 0 Å². The fourth-order valence-electron chi connectivity index (χ4n) is 3.72. The maximum Gasteiger partial charge on any atom is 0.343 e. The lowest BCUT2D eigenvalue weighted by atomic mass is 10.1. The highest BCUT2D eigenvalue weighted by molar-refractivity contribution is 5.98. The minimum absolute atomic E-state index is 0.0900. The molecule has 0 bridgehead atoms. The van der Waals surface area contributed by atoms with E-state index in [2.05, 4.69) is 15.8 Å². The van der Waals surface area contributed by atoms with E-state index in [9.17, 15) is 24.5 Å². The molecule has 0 aromatic heterocycles. The molecule has 2 N–H and O–H groups in total. The number of nitrogens with zero attached hydrogens (tertiary/aromatic N) is 2. The molecule has 0 radical (unpaired) electrons. The van der Waals surface area contributed by atoms with Crippen LogP contribution in [0.15, 0.2) is 102 Å². The molecule has 11 heteroatoms. The van der Waals surface area contributed by atoms with Crippen LogP contribution in [0.5, 0.6) is 11.5 Å². The third-order valence-electron chi connectivity index (χ3n) is 5.73. The molecule has 0 atom stereocenters. The Hall–Kier alpha value is -5.84. The van der Waals surface area contributed by atoms with Crippen LogP contribution in [-0.2, 0) is 11.2 Å². The van der Waals surface area contributed by atoms with Crippen LogP contribution in [0.2, 0.25) is 0 Å². The topological polar surface area (TPSA) is 149 Å². The van der Waals surface area contributed by atoms with Gasteiger partial charge in [0.15, 0.2) is 0 Å². The Balaban J connectivity index is 1.42. The van der Waals surface area contributed by atoms with Gasteiger partial charge < -0.3 is 14.8 Å². The van der Waals surface area contributed by atoms with Crippen LogP contribution in [0.4, 0.5) is 11.4 Å². The third-order valence-corrected chi connectivity index (χ3v) is 5.73. The van der Waals surface area contributed by atoms with E-state index in [0.717, 1.165) is 11.8 Å². The lowest BCUT2D eigenvalue weighted by Crippen LogP contribution is -2.18. The predicted molar refractivity (Wildman–Crippen MR) is 151 cm³/mol. The highest BCUT2D eigenvalue weighted by Crippen LogP contribution is 2.31. The Morgan fingerprint density at radius 2 is 1.63 bits per heavy atom. The summed E-state index contributed by atoms with van der Waals surface area (Å²) in [5.41, 5.74) is 3.74. The van der Waals surface area contributed by atoms with Gasteiger partial charge in [-0.05, 0) is 54.1 Å². The molecule has 206 valence electrons. The zero-order chi connectivity index (χ0) is 29.2. The number of para-hydroxylation sites is 1. The van der Waals surface area contributed by atoms with Gasteiger partial charge in [-0.3, -0.25) is 19.7 Å². The van der Waals surface area contributed by atoms with Crippen molar-refractivity contribution in [2.75, 3.05) is 12.4 Å². The minimum Gasteiger partial charge on any atom is -0.497 e. The molecular weight excluding hydrogens is 528 g/mol. The molecule has 4 rings (SSSR count). The molecule has 0 aliphatic rings. The summed E-state index contributed by atoms with van der Waals surface area (Å²) in [6, 6.07) is 25.6. The van der Waals surface area contributed by atoms with Gasteiger partial charge in [0.2, 0.25) is 11.7 Å². The lowest BCUT2D eigenvalue weighted by molar-refractivity contribution is -0.385. The number of carbonyl (C=O) groups excluding carboxylic acids is 3. The molecule has 4 aromatic carbocycles. The molecule has 41 heavy (non-hydrogen) atoms. The highest BCUT2D eigenvalue weighted by atomic mass is 16.6. The smallest absolute Gasteiger partial charge is 0.343 e. The van der Waals surface area contributed by atoms with E-state index in [1.54, 1.807) is 24.3 Å². The second-order valence-corrected chi connectivity index (χ2v) is 8.56. The maximum absolute atomic E-state index is 12.7. The largest absolute Gasteiger partial charge is 0.497 e. The molecule has 11 nitrogen and oxygen atoms in total. The summed E-state index contributed by atoms with van der Waals surface area (Å²) in [6.45, 7) is 0. The molecule has 0 heterocycles. The summed E-state index contributed by atoms with van der Waals surface area (Å²) in [6.07, 6.45) is 1.35.